The molecule has 0 heterocycles. The zero-order chi connectivity index (χ0) is 12.1. The summed E-state index contributed by atoms with van der Waals surface area (Å²) in [4.78, 5) is 11.6. The van der Waals surface area contributed by atoms with Crippen molar-refractivity contribution in [2.75, 3.05) is 6.54 Å². The Morgan fingerprint density at radius 2 is 2.12 bits per heavy atom. The third-order valence-electron chi connectivity index (χ3n) is 2.16. The molecule has 0 saturated carbocycles. The summed E-state index contributed by atoms with van der Waals surface area (Å²) in [5.41, 5.74) is 0.160. The van der Waals surface area contributed by atoms with Crippen molar-refractivity contribution in [3.8, 4) is 11.5 Å². The topological polar surface area (TPSA) is 69.6 Å². The first-order valence-corrected chi connectivity index (χ1v) is 5.44. The maximum Gasteiger partial charge on any atom is 0.252 e. The molecular weight excluding hydrogens is 230 g/mol. The van der Waals surface area contributed by atoms with E-state index < -0.39 is 5.75 Å². The van der Waals surface area contributed by atoms with Crippen molar-refractivity contribution in [2.45, 2.75) is 19.8 Å². The van der Waals surface area contributed by atoms with E-state index in [0.29, 0.717) is 6.54 Å². The van der Waals surface area contributed by atoms with Gasteiger partial charge < -0.3 is 15.5 Å². The minimum Gasteiger partial charge on any atom is -0.504 e. The van der Waals surface area contributed by atoms with E-state index in [4.69, 9.17) is 16.7 Å². The third kappa shape index (κ3) is 2.79. The second-order valence-corrected chi connectivity index (χ2v) is 3.78. The summed E-state index contributed by atoms with van der Waals surface area (Å²) in [6.45, 7) is 2.58. The molecule has 4 nitrogen and oxygen atoms in total. The number of aromatic hydroxyl groups is 2. The highest BCUT2D eigenvalue weighted by atomic mass is 35.5. The first-order valence-electron chi connectivity index (χ1n) is 5.06. The van der Waals surface area contributed by atoms with Crippen LogP contribution in [0.15, 0.2) is 12.1 Å². The molecule has 88 valence electrons. The molecule has 5 heteroatoms. The van der Waals surface area contributed by atoms with Crippen LogP contribution in [0.3, 0.4) is 0 Å². The lowest BCUT2D eigenvalue weighted by Crippen LogP contribution is -2.24. The molecule has 0 aromatic heterocycles. The summed E-state index contributed by atoms with van der Waals surface area (Å²) in [7, 11) is 0. The fourth-order valence-electron chi connectivity index (χ4n) is 1.20. The zero-order valence-corrected chi connectivity index (χ0v) is 9.71. The van der Waals surface area contributed by atoms with Gasteiger partial charge in [-0.1, -0.05) is 24.9 Å². The molecule has 0 atom stereocenters. The quantitative estimate of drug-likeness (QED) is 0.561. The van der Waals surface area contributed by atoms with Crippen LogP contribution < -0.4 is 5.32 Å². The molecule has 0 bridgehead atoms. The van der Waals surface area contributed by atoms with Crippen molar-refractivity contribution < 1.29 is 15.0 Å². The lowest BCUT2D eigenvalue weighted by molar-refractivity contribution is 0.0953. The van der Waals surface area contributed by atoms with Gasteiger partial charge in [-0.05, 0) is 18.6 Å². The number of hydrogen-bond donors (Lipinski definition) is 3. The standard InChI is InChI=1S/C11H14ClNO3/c1-2-3-6-13-11(16)7-4-5-8(14)10(15)9(7)12/h4-5,14-15H,2-3,6H2,1H3,(H,13,16). The van der Waals surface area contributed by atoms with Gasteiger partial charge in [0, 0.05) is 6.54 Å². The number of unbranched alkanes of at least 4 members (excludes halogenated alkanes) is 1. The fraction of sp³-hybridized carbons (Fsp3) is 0.364. The van der Waals surface area contributed by atoms with Crippen LogP contribution in [-0.4, -0.2) is 22.7 Å². The van der Waals surface area contributed by atoms with Crippen LogP contribution >= 0.6 is 11.6 Å². The predicted molar refractivity (Wildman–Crippen MR) is 62.0 cm³/mol. The number of benzene rings is 1. The fourth-order valence-corrected chi connectivity index (χ4v) is 1.45. The van der Waals surface area contributed by atoms with E-state index in [0.717, 1.165) is 12.8 Å². The van der Waals surface area contributed by atoms with Crippen molar-refractivity contribution in [1.82, 2.24) is 5.32 Å². The van der Waals surface area contributed by atoms with Crippen molar-refractivity contribution in [1.29, 1.82) is 0 Å². The number of phenols is 2. The van der Waals surface area contributed by atoms with Gasteiger partial charge in [-0.25, -0.2) is 0 Å². The number of rotatable bonds is 4. The van der Waals surface area contributed by atoms with Crippen LogP contribution in [0.5, 0.6) is 11.5 Å². The normalized spacial score (nSPS) is 10.1. The van der Waals surface area contributed by atoms with E-state index in [1.165, 1.54) is 12.1 Å². The van der Waals surface area contributed by atoms with E-state index >= 15 is 0 Å². The number of hydrogen-bond acceptors (Lipinski definition) is 3. The highest BCUT2D eigenvalue weighted by Gasteiger charge is 2.15. The van der Waals surface area contributed by atoms with Gasteiger partial charge in [0.15, 0.2) is 11.5 Å². The Hall–Kier alpha value is -1.42. The SMILES string of the molecule is CCCCNC(=O)c1ccc(O)c(O)c1Cl. The number of phenolic OH excluding ortho intramolecular Hbond substituents is 2. The van der Waals surface area contributed by atoms with Gasteiger partial charge in [-0.15, -0.1) is 0 Å². The molecular formula is C11H14ClNO3. The molecule has 0 unspecified atom stereocenters. The number of carbonyl (C=O) groups excluding carboxylic acids is 1. The van der Waals surface area contributed by atoms with E-state index in [-0.39, 0.29) is 22.2 Å². The van der Waals surface area contributed by atoms with Crippen molar-refractivity contribution in [2.24, 2.45) is 0 Å². The first-order chi connectivity index (χ1) is 7.57. The van der Waals surface area contributed by atoms with Gasteiger partial charge >= 0.3 is 0 Å². The second kappa shape index (κ2) is 5.61. The molecule has 0 aliphatic rings. The molecule has 0 aliphatic heterocycles. The van der Waals surface area contributed by atoms with Crippen molar-refractivity contribution >= 4 is 17.5 Å². The van der Waals surface area contributed by atoms with Crippen LogP contribution in [0.25, 0.3) is 0 Å². The molecule has 0 fully saturated rings. The monoisotopic (exact) mass is 243 g/mol. The summed E-state index contributed by atoms with van der Waals surface area (Å²) >= 11 is 5.74. The first kappa shape index (κ1) is 12.6. The highest BCUT2D eigenvalue weighted by Crippen LogP contribution is 2.35. The van der Waals surface area contributed by atoms with Crippen LogP contribution in [0.4, 0.5) is 0 Å². The average Bonchev–Trinajstić information content (AvgIpc) is 2.26. The highest BCUT2D eigenvalue weighted by molar-refractivity contribution is 6.35. The van der Waals surface area contributed by atoms with Gasteiger partial charge in [0.2, 0.25) is 0 Å². The van der Waals surface area contributed by atoms with E-state index in [1.807, 2.05) is 6.92 Å². The van der Waals surface area contributed by atoms with E-state index in [9.17, 15) is 9.90 Å². The molecule has 1 rings (SSSR count). The average molecular weight is 244 g/mol. The summed E-state index contributed by atoms with van der Waals surface area (Å²) in [5.74, 6) is -1.16. The molecule has 1 amide bonds. The summed E-state index contributed by atoms with van der Waals surface area (Å²) in [6.07, 6.45) is 1.86. The molecule has 0 saturated heterocycles. The van der Waals surface area contributed by atoms with Gasteiger partial charge in [0.1, 0.15) is 0 Å². The molecule has 0 aliphatic carbocycles. The Morgan fingerprint density at radius 1 is 1.44 bits per heavy atom. The summed E-state index contributed by atoms with van der Waals surface area (Å²) in [5, 5.41) is 21.0. The number of halogens is 1. The predicted octanol–water partition coefficient (Wildman–Crippen LogP) is 2.28. The van der Waals surface area contributed by atoms with Crippen LogP contribution in [0.1, 0.15) is 30.1 Å². The lowest BCUT2D eigenvalue weighted by Gasteiger charge is -2.08. The molecule has 16 heavy (non-hydrogen) atoms. The maximum absolute atomic E-state index is 11.6. The Kier molecular flexibility index (Phi) is 4.43. The van der Waals surface area contributed by atoms with Gasteiger partial charge in [0.25, 0.3) is 5.91 Å². The van der Waals surface area contributed by atoms with Gasteiger partial charge in [0.05, 0.1) is 10.6 Å². The van der Waals surface area contributed by atoms with E-state index in [1.54, 1.807) is 0 Å². The van der Waals surface area contributed by atoms with Crippen molar-refractivity contribution in [3.63, 3.8) is 0 Å². The second-order valence-electron chi connectivity index (χ2n) is 3.40. The third-order valence-corrected chi connectivity index (χ3v) is 2.54. The Morgan fingerprint density at radius 3 is 2.75 bits per heavy atom. The van der Waals surface area contributed by atoms with Crippen LogP contribution in [-0.2, 0) is 0 Å². The molecule has 1 aromatic rings. The summed E-state index contributed by atoms with van der Waals surface area (Å²) < 4.78 is 0. The van der Waals surface area contributed by atoms with Gasteiger partial charge in [-0.2, -0.15) is 0 Å². The van der Waals surface area contributed by atoms with Gasteiger partial charge in [-0.3, -0.25) is 4.79 Å². The van der Waals surface area contributed by atoms with Crippen LogP contribution in [0, 0.1) is 0 Å². The maximum atomic E-state index is 11.6. The zero-order valence-electron chi connectivity index (χ0n) is 8.96. The van der Waals surface area contributed by atoms with Crippen molar-refractivity contribution in [3.05, 3.63) is 22.7 Å². The minimum atomic E-state index is -0.468. The number of carbonyl (C=O) groups is 1. The minimum absolute atomic E-state index is 0.131. The molecule has 0 radical (unpaired) electrons. The Bertz CT molecular complexity index is 393. The number of amides is 1. The molecule has 0 spiro atoms. The number of nitrogens with one attached hydrogen (secondary N) is 1. The largest absolute Gasteiger partial charge is 0.504 e. The summed E-state index contributed by atoms with van der Waals surface area (Å²) in [6, 6.07) is 2.61. The van der Waals surface area contributed by atoms with Crippen LogP contribution in [0.2, 0.25) is 5.02 Å². The molecule has 1 aromatic carbocycles. The smallest absolute Gasteiger partial charge is 0.252 e. The molecule has 3 N–H and O–H groups in total. The Labute approximate surface area is 98.9 Å². The Balaban J connectivity index is 2.80. The lowest BCUT2D eigenvalue weighted by atomic mass is 10.2. The van der Waals surface area contributed by atoms with E-state index in [2.05, 4.69) is 5.32 Å².